The van der Waals surface area contributed by atoms with Crippen molar-refractivity contribution in [3.63, 3.8) is 0 Å². The van der Waals surface area contributed by atoms with Crippen molar-refractivity contribution in [1.82, 2.24) is 10.2 Å². The molecule has 126 valence electrons. The van der Waals surface area contributed by atoms with Crippen LogP contribution in [0.3, 0.4) is 0 Å². The monoisotopic (exact) mass is 300 g/mol. The Balaban J connectivity index is 2.53. The average Bonchev–Trinajstić information content (AvgIpc) is 2.39. The Hall–Kier alpha value is -0.160. The number of nitrogens with zero attached hydrogens (tertiary/aromatic N) is 1. The maximum Gasteiger partial charge on any atom is 0.0899 e. The Labute approximate surface area is 131 Å². The van der Waals surface area contributed by atoms with Crippen molar-refractivity contribution in [3.8, 4) is 0 Å². The molecule has 0 aromatic carbocycles. The first-order valence-corrected chi connectivity index (χ1v) is 8.56. The first kappa shape index (κ1) is 18.9. The Bertz CT molecular complexity index is 276. The lowest BCUT2D eigenvalue weighted by Gasteiger charge is -2.42. The van der Waals surface area contributed by atoms with Crippen LogP contribution in [0.1, 0.15) is 40.0 Å². The largest absolute Gasteiger partial charge is 0.389 e. The van der Waals surface area contributed by atoms with E-state index >= 15 is 0 Å². The highest BCUT2D eigenvalue weighted by atomic mass is 16.5. The topological polar surface area (TPSA) is 44.7 Å². The van der Waals surface area contributed by atoms with Crippen molar-refractivity contribution in [2.24, 2.45) is 17.8 Å². The molecule has 0 aromatic heterocycles. The number of likely N-dealkylation sites (N-methyl/N-ethyl adjacent to an activating group) is 1. The van der Waals surface area contributed by atoms with Crippen LogP contribution in [0.25, 0.3) is 0 Å². The van der Waals surface area contributed by atoms with Crippen LogP contribution in [0.2, 0.25) is 0 Å². The first-order chi connectivity index (χ1) is 9.97. The molecule has 4 heteroatoms. The van der Waals surface area contributed by atoms with Gasteiger partial charge in [0.1, 0.15) is 0 Å². The van der Waals surface area contributed by atoms with E-state index in [-0.39, 0.29) is 6.10 Å². The van der Waals surface area contributed by atoms with Gasteiger partial charge < -0.3 is 20.1 Å². The Morgan fingerprint density at radius 2 is 2.05 bits per heavy atom. The molecule has 0 heterocycles. The second-order valence-electron chi connectivity index (χ2n) is 7.11. The van der Waals surface area contributed by atoms with Crippen LogP contribution < -0.4 is 5.32 Å². The van der Waals surface area contributed by atoms with Crippen LogP contribution in [-0.4, -0.2) is 62.6 Å². The molecule has 2 N–H and O–H groups in total. The quantitative estimate of drug-likeness (QED) is 0.683. The molecule has 1 aliphatic rings. The molecule has 1 aliphatic carbocycles. The molecule has 5 atom stereocenters. The summed E-state index contributed by atoms with van der Waals surface area (Å²) >= 11 is 0. The van der Waals surface area contributed by atoms with E-state index in [0.717, 1.165) is 24.9 Å². The molecule has 0 aliphatic heterocycles. The van der Waals surface area contributed by atoms with Crippen molar-refractivity contribution in [2.75, 3.05) is 40.4 Å². The summed E-state index contributed by atoms with van der Waals surface area (Å²) in [4.78, 5) is 2.27. The summed E-state index contributed by atoms with van der Waals surface area (Å²) in [6.07, 6.45) is 3.40. The summed E-state index contributed by atoms with van der Waals surface area (Å²) in [6.45, 7) is 10.3. The number of hydrogen-bond donors (Lipinski definition) is 2. The minimum Gasteiger partial charge on any atom is -0.389 e. The lowest BCUT2D eigenvalue weighted by Crippen LogP contribution is -2.49. The predicted octanol–water partition coefficient (Wildman–Crippen LogP) is 1.98. The standard InChI is InChI=1S/C17H36N2O2/c1-6-7-18-17-9-13(2)8-14(3)16(17)11-19(4)10-15(20)12-21-5/h13-18,20H,6-12H2,1-5H3. The molecule has 1 fully saturated rings. The normalized spacial score (nSPS) is 31.6. The fourth-order valence-electron chi connectivity index (χ4n) is 3.82. The van der Waals surface area contributed by atoms with Gasteiger partial charge in [0.25, 0.3) is 0 Å². The van der Waals surface area contributed by atoms with E-state index in [1.165, 1.54) is 19.3 Å². The van der Waals surface area contributed by atoms with E-state index in [1.54, 1.807) is 7.11 Å². The van der Waals surface area contributed by atoms with Gasteiger partial charge in [0.2, 0.25) is 0 Å². The maximum atomic E-state index is 9.88. The van der Waals surface area contributed by atoms with Gasteiger partial charge in [-0.2, -0.15) is 0 Å². The van der Waals surface area contributed by atoms with Crippen molar-refractivity contribution >= 4 is 0 Å². The summed E-state index contributed by atoms with van der Waals surface area (Å²) < 4.78 is 5.01. The van der Waals surface area contributed by atoms with Gasteiger partial charge in [0, 0.05) is 26.2 Å². The molecule has 0 saturated heterocycles. The molecule has 0 bridgehead atoms. The van der Waals surface area contributed by atoms with Crippen LogP contribution in [0, 0.1) is 17.8 Å². The number of rotatable bonds is 9. The highest BCUT2D eigenvalue weighted by Crippen LogP contribution is 2.34. The summed E-state index contributed by atoms with van der Waals surface area (Å²) in [5.74, 6) is 2.23. The van der Waals surface area contributed by atoms with Crippen LogP contribution >= 0.6 is 0 Å². The number of ether oxygens (including phenoxy) is 1. The third-order valence-corrected chi connectivity index (χ3v) is 4.74. The zero-order valence-electron chi connectivity index (χ0n) is 14.6. The van der Waals surface area contributed by atoms with Gasteiger partial charge in [0.05, 0.1) is 12.7 Å². The Kier molecular flexibility index (Phi) is 8.79. The molecule has 0 aromatic rings. The van der Waals surface area contributed by atoms with Crippen LogP contribution in [0.15, 0.2) is 0 Å². The first-order valence-electron chi connectivity index (χ1n) is 8.56. The van der Waals surface area contributed by atoms with Crippen LogP contribution in [-0.2, 0) is 4.74 Å². The van der Waals surface area contributed by atoms with Gasteiger partial charge >= 0.3 is 0 Å². The van der Waals surface area contributed by atoms with Gasteiger partial charge in [-0.15, -0.1) is 0 Å². The molecular weight excluding hydrogens is 264 g/mol. The number of hydrogen-bond acceptors (Lipinski definition) is 4. The van der Waals surface area contributed by atoms with Crippen molar-refractivity contribution in [1.29, 1.82) is 0 Å². The number of nitrogens with one attached hydrogen (secondary N) is 1. The molecular formula is C17H36N2O2. The van der Waals surface area contributed by atoms with Gasteiger partial charge in [-0.25, -0.2) is 0 Å². The third-order valence-electron chi connectivity index (χ3n) is 4.74. The van der Waals surface area contributed by atoms with Gasteiger partial charge in [0.15, 0.2) is 0 Å². The van der Waals surface area contributed by atoms with Crippen molar-refractivity contribution < 1.29 is 9.84 Å². The highest BCUT2D eigenvalue weighted by Gasteiger charge is 2.34. The smallest absolute Gasteiger partial charge is 0.0899 e. The summed E-state index contributed by atoms with van der Waals surface area (Å²) in [5, 5.41) is 13.6. The van der Waals surface area contributed by atoms with Crippen LogP contribution in [0.4, 0.5) is 0 Å². The molecule has 21 heavy (non-hydrogen) atoms. The van der Waals surface area contributed by atoms with Crippen LogP contribution in [0.5, 0.6) is 0 Å². The lowest BCUT2D eigenvalue weighted by molar-refractivity contribution is 0.0312. The number of aliphatic hydroxyl groups is 1. The molecule has 1 rings (SSSR count). The highest BCUT2D eigenvalue weighted by molar-refractivity contribution is 4.89. The lowest BCUT2D eigenvalue weighted by atomic mass is 9.72. The summed E-state index contributed by atoms with van der Waals surface area (Å²) in [6, 6.07) is 0.616. The molecule has 0 radical (unpaired) electrons. The summed E-state index contributed by atoms with van der Waals surface area (Å²) in [7, 11) is 3.75. The Morgan fingerprint density at radius 1 is 1.33 bits per heavy atom. The zero-order valence-corrected chi connectivity index (χ0v) is 14.6. The second-order valence-corrected chi connectivity index (χ2v) is 7.11. The minimum absolute atomic E-state index is 0.389. The van der Waals surface area contributed by atoms with E-state index in [2.05, 4.69) is 38.0 Å². The fourth-order valence-corrected chi connectivity index (χ4v) is 3.82. The minimum atomic E-state index is -0.389. The SMILES string of the molecule is CCCNC1CC(C)CC(C)C1CN(C)CC(O)COC. The second kappa shape index (κ2) is 9.78. The molecule has 1 saturated carbocycles. The maximum absolute atomic E-state index is 9.88. The zero-order chi connectivity index (χ0) is 15.8. The van der Waals surface area contributed by atoms with Crippen molar-refractivity contribution in [2.45, 2.75) is 52.2 Å². The van der Waals surface area contributed by atoms with Crippen molar-refractivity contribution in [3.05, 3.63) is 0 Å². The Morgan fingerprint density at radius 3 is 2.67 bits per heavy atom. The number of methoxy groups -OCH3 is 1. The van der Waals surface area contributed by atoms with Gasteiger partial charge in [-0.3, -0.25) is 0 Å². The van der Waals surface area contributed by atoms with E-state index in [4.69, 9.17) is 4.74 Å². The number of aliphatic hydroxyl groups excluding tert-OH is 1. The van der Waals surface area contributed by atoms with E-state index < -0.39 is 0 Å². The summed E-state index contributed by atoms with van der Waals surface area (Å²) in [5.41, 5.74) is 0. The van der Waals surface area contributed by atoms with E-state index in [0.29, 0.717) is 25.1 Å². The van der Waals surface area contributed by atoms with E-state index in [9.17, 15) is 5.11 Å². The fraction of sp³-hybridized carbons (Fsp3) is 1.00. The van der Waals surface area contributed by atoms with Gasteiger partial charge in [-0.1, -0.05) is 20.8 Å². The molecule has 0 spiro atoms. The predicted molar refractivity (Wildman–Crippen MR) is 88.5 cm³/mol. The van der Waals surface area contributed by atoms with Gasteiger partial charge in [-0.05, 0) is 50.6 Å². The third kappa shape index (κ3) is 6.64. The molecule has 0 amide bonds. The molecule has 5 unspecified atom stereocenters. The van der Waals surface area contributed by atoms with E-state index in [1.807, 2.05) is 0 Å². The molecule has 4 nitrogen and oxygen atoms in total. The average molecular weight is 300 g/mol.